The summed E-state index contributed by atoms with van der Waals surface area (Å²) >= 11 is 0. The summed E-state index contributed by atoms with van der Waals surface area (Å²) in [6, 6.07) is 3.37. The molecule has 1 atom stereocenters. The van der Waals surface area contributed by atoms with Crippen LogP contribution >= 0.6 is 24.0 Å². The zero-order chi connectivity index (χ0) is 17.3. The van der Waals surface area contributed by atoms with Crippen LogP contribution in [0.3, 0.4) is 0 Å². The van der Waals surface area contributed by atoms with Crippen LogP contribution in [0.25, 0.3) is 0 Å². The van der Waals surface area contributed by atoms with E-state index in [2.05, 4.69) is 20.6 Å². The average Bonchev–Trinajstić information content (AvgIpc) is 3.32. The van der Waals surface area contributed by atoms with Crippen molar-refractivity contribution in [3.63, 3.8) is 0 Å². The number of halogens is 2. The highest BCUT2D eigenvalue weighted by molar-refractivity contribution is 14.0. The molecule has 1 unspecified atom stereocenters. The van der Waals surface area contributed by atoms with Crippen molar-refractivity contribution < 1.29 is 4.39 Å². The lowest BCUT2D eigenvalue weighted by molar-refractivity contribution is 0.106. The zero-order valence-electron chi connectivity index (χ0n) is 15.4. The Bertz CT molecular complexity index is 645. The van der Waals surface area contributed by atoms with Crippen molar-refractivity contribution >= 4 is 35.8 Å². The third kappa shape index (κ3) is 4.07. The summed E-state index contributed by atoms with van der Waals surface area (Å²) in [7, 11) is 1.82. The van der Waals surface area contributed by atoms with E-state index in [1.807, 2.05) is 11.9 Å². The summed E-state index contributed by atoms with van der Waals surface area (Å²) in [6.45, 7) is 2.60. The number of nitrogens with zero attached hydrogens (tertiary/aromatic N) is 3. The number of hydrogen-bond acceptors (Lipinski definition) is 3. The van der Waals surface area contributed by atoms with Gasteiger partial charge >= 0.3 is 0 Å². The lowest BCUT2D eigenvalue weighted by Crippen LogP contribution is -2.50. The summed E-state index contributed by atoms with van der Waals surface area (Å²) in [5.74, 6) is 2.01. The molecule has 2 saturated carbocycles. The molecule has 5 nitrogen and oxygen atoms in total. The molecule has 0 amide bonds. The predicted molar refractivity (Wildman–Crippen MR) is 114 cm³/mol. The van der Waals surface area contributed by atoms with Gasteiger partial charge in [-0.25, -0.2) is 9.37 Å². The van der Waals surface area contributed by atoms with E-state index in [1.165, 1.54) is 38.2 Å². The van der Waals surface area contributed by atoms with Crippen molar-refractivity contribution in [1.29, 1.82) is 0 Å². The number of pyridine rings is 1. The van der Waals surface area contributed by atoms with E-state index in [0.29, 0.717) is 11.2 Å². The summed E-state index contributed by atoms with van der Waals surface area (Å²) < 4.78 is 13.9. The van der Waals surface area contributed by atoms with Gasteiger partial charge in [0.05, 0.1) is 0 Å². The number of nitrogens with one attached hydrogen (secondary N) is 2. The van der Waals surface area contributed by atoms with E-state index in [4.69, 9.17) is 0 Å². The van der Waals surface area contributed by atoms with E-state index in [9.17, 15) is 4.39 Å². The maximum Gasteiger partial charge on any atom is 0.191 e. The van der Waals surface area contributed by atoms with Crippen LogP contribution in [-0.4, -0.2) is 43.7 Å². The van der Waals surface area contributed by atoms with Gasteiger partial charge in [0.25, 0.3) is 0 Å². The van der Waals surface area contributed by atoms with Crippen molar-refractivity contribution in [3.05, 3.63) is 24.1 Å². The summed E-state index contributed by atoms with van der Waals surface area (Å²) in [6.07, 6.45) is 9.51. The summed E-state index contributed by atoms with van der Waals surface area (Å²) in [5.41, 5.74) is 0.524. The fourth-order valence-electron chi connectivity index (χ4n) is 4.38. The van der Waals surface area contributed by atoms with E-state index >= 15 is 0 Å². The third-order valence-corrected chi connectivity index (χ3v) is 6.19. The molecule has 3 aliphatic rings. The van der Waals surface area contributed by atoms with Crippen molar-refractivity contribution in [3.8, 4) is 0 Å². The van der Waals surface area contributed by atoms with Gasteiger partial charge in [0.2, 0.25) is 0 Å². The number of hydrogen-bond donors (Lipinski definition) is 2. The van der Waals surface area contributed by atoms with Gasteiger partial charge in [0.15, 0.2) is 17.6 Å². The number of guanidine groups is 1. The van der Waals surface area contributed by atoms with E-state index < -0.39 is 0 Å². The highest BCUT2D eigenvalue weighted by Gasteiger charge is 2.48. The van der Waals surface area contributed by atoms with Gasteiger partial charge in [-0.15, -0.1) is 24.0 Å². The molecule has 2 heterocycles. The van der Waals surface area contributed by atoms with Crippen LogP contribution in [0.2, 0.25) is 0 Å². The predicted octanol–water partition coefficient (Wildman–Crippen LogP) is 3.16. The lowest BCUT2D eigenvalue weighted by atomic mass is 9.65. The molecule has 0 spiro atoms. The second-order valence-corrected chi connectivity index (χ2v) is 7.80. The molecule has 1 aromatic rings. The Balaban J connectivity index is 0.00000196. The Kier molecular flexibility index (Phi) is 6.25. The monoisotopic (exact) mass is 473 g/mol. The van der Waals surface area contributed by atoms with Crippen LogP contribution in [-0.2, 0) is 0 Å². The highest BCUT2D eigenvalue weighted by Crippen LogP contribution is 2.56. The Labute approximate surface area is 172 Å². The molecule has 0 aromatic carbocycles. The van der Waals surface area contributed by atoms with Crippen LogP contribution < -0.4 is 15.5 Å². The maximum absolute atomic E-state index is 13.9. The smallest absolute Gasteiger partial charge is 0.191 e. The highest BCUT2D eigenvalue weighted by atomic mass is 127. The minimum Gasteiger partial charge on any atom is -0.356 e. The Morgan fingerprint density at radius 2 is 2.19 bits per heavy atom. The molecule has 144 valence electrons. The zero-order valence-corrected chi connectivity index (χ0v) is 17.7. The number of rotatable bonds is 5. The minimum absolute atomic E-state index is 0. The molecule has 4 rings (SSSR count). The molecule has 2 aliphatic carbocycles. The first-order valence-corrected chi connectivity index (χ1v) is 9.53. The van der Waals surface area contributed by atoms with Crippen molar-refractivity contribution in [2.75, 3.05) is 31.6 Å². The molecule has 1 aliphatic heterocycles. The van der Waals surface area contributed by atoms with Crippen LogP contribution in [0, 0.1) is 17.2 Å². The molecular weight excluding hydrogens is 444 g/mol. The molecule has 3 fully saturated rings. The van der Waals surface area contributed by atoms with Crippen LogP contribution in [0.4, 0.5) is 10.2 Å². The van der Waals surface area contributed by atoms with Gasteiger partial charge < -0.3 is 15.5 Å². The topological polar surface area (TPSA) is 52.6 Å². The van der Waals surface area contributed by atoms with Crippen LogP contribution in [0.15, 0.2) is 23.3 Å². The van der Waals surface area contributed by atoms with E-state index in [-0.39, 0.29) is 35.8 Å². The van der Waals surface area contributed by atoms with Gasteiger partial charge in [-0.2, -0.15) is 0 Å². The van der Waals surface area contributed by atoms with Crippen molar-refractivity contribution in [1.82, 2.24) is 15.6 Å². The van der Waals surface area contributed by atoms with Crippen LogP contribution in [0.1, 0.15) is 38.5 Å². The van der Waals surface area contributed by atoms with Gasteiger partial charge in [-0.05, 0) is 55.6 Å². The Morgan fingerprint density at radius 1 is 1.38 bits per heavy atom. The molecule has 1 aromatic heterocycles. The number of anilines is 1. The fourth-order valence-corrected chi connectivity index (χ4v) is 4.38. The van der Waals surface area contributed by atoms with Gasteiger partial charge in [-0.3, -0.25) is 4.99 Å². The van der Waals surface area contributed by atoms with E-state index in [1.54, 1.807) is 12.3 Å². The lowest BCUT2D eigenvalue weighted by Gasteiger charge is -2.43. The standard InChI is InChI=1S/C19H28FN5.HI/c1-21-18(23-13-19(8-3-9-19)14-5-6-14)24-15-7-11-25(12-15)17-16(20)4-2-10-22-17;/h2,4,10,14-15H,3,5-9,11-13H2,1H3,(H2,21,23,24);1H. The van der Waals surface area contributed by atoms with Crippen LogP contribution in [0.5, 0.6) is 0 Å². The normalized spacial score (nSPS) is 24.6. The largest absolute Gasteiger partial charge is 0.356 e. The first-order chi connectivity index (χ1) is 12.2. The van der Waals surface area contributed by atoms with Crippen molar-refractivity contribution in [2.45, 2.75) is 44.6 Å². The Morgan fingerprint density at radius 3 is 2.81 bits per heavy atom. The van der Waals surface area contributed by atoms with Crippen molar-refractivity contribution in [2.24, 2.45) is 16.3 Å². The number of aromatic nitrogens is 1. The molecule has 7 heteroatoms. The molecule has 0 radical (unpaired) electrons. The molecule has 26 heavy (non-hydrogen) atoms. The first kappa shape index (κ1) is 19.6. The first-order valence-electron chi connectivity index (χ1n) is 9.53. The maximum atomic E-state index is 13.9. The second-order valence-electron chi connectivity index (χ2n) is 7.80. The van der Waals surface area contributed by atoms with Gasteiger partial charge in [0.1, 0.15) is 0 Å². The van der Waals surface area contributed by atoms with Gasteiger partial charge in [0, 0.05) is 38.9 Å². The summed E-state index contributed by atoms with van der Waals surface area (Å²) in [4.78, 5) is 10.6. The second kappa shape index (κ2) is 8.27. The average molecular weight is 473 g/mol. The Hall–Kier alpha value is -1.12. The molecule has 1 saturated heterocycles. The minimum atomic E-state index is -0.248. The van der Waals surface area contributed by atoms with E-state index in [0.717, 1.165) is 37.9 Å². The molecule has 2 N–H and O–H groups in total. The fraction of sp³-hybridized carbons (Fsp3) is 0.684. The molecule has 0 bridgehead atoms. The SMILES string of the molecule is CN=C(NCC1(C2CC2)CCC1)NC1CCN(c2ncccc2F)C1.I. The molecular formula is C19H29FIN5. The number of aliphatic imine (C=N–C) groups is 1. The quantitative estimate of drug-likeness (QED) is 0.392. The van der Waals surface area contributed by atoms with Gasteiger partial charge in [-0.1, -0.05) is 6.42 Å². The summed E-state index contributed by atoms with van der Waals surface area (Å²) in [5, 5.41) is 7.07. The third-order valence-electron chi connectivity index (χ3n) is 6.19.